The molecular formula is C54H38. The molecule has 0 amide bonds. The van der Waals surface area contributed by atoms with E-state index in [1.165, 1.54) is 98.4 Å². The third-order valence-electron chi connectivity index (χ3n) is 10.6. The summed E-state index contributed by atoms with van der Waals surface area (Å²) >= 11 is 0. The standard InChI is InChI=1S/C50H32.C4H6/c1-3-13-33(14-4-1)37-26-28-45-47(30-37)49(40-24-23-35-17-7-8-18-36(35)29-40)44-27-25-38(34-15-5-2-6-16-34)31-48(44)50(45)46-32-39-19-9-10-20-41(39)42-21-11-12-22-43(42)46;1-3-4-2/h1-32H;3-4H,1-2H2. The molecule has 0 heteroatoms. The highest BCUT2D eigenvalue weighted by atomic mass is 14.2. The zero-order chi connectivity index (χ0) is 36.4. The molecule has 254 valence electrons. The molecule has 0 spiro atoms. The van der Waals surface area contributed by atoms with Crippen molar-refractivity contribution in [2.24, 2.45) is 0 Å². The van der Waals surface area contributed by atoms with Crippen molar-refractivity contribution in [3.8, 4) is 44.5 Å². The normalized spacial score (nSPS) is 11.1. The second kappa shape index (κ2) is 14.2. The summed E-state index contributed by atoms with van der Waals surface area (Å²) in [6.45, 7) is 6.72. The van der Waals surface area contributed by atoms with E-state index >= 15 is 0 Å². The Labute approximate surface area is 316 Å². The number of hydrogen-bond donors (Lipinski definition) is 0. The van der Waals surface area contributed by atoms with Crippen molar-refractivity contribution in [2.75, 3.05) is 0 Å². The third kappa shape index (κ3) is 5.85. The summed E-state index contributed by atoms with van der Waals surface area (Å²) in [4.78, 5) is 0. The van der Waals surface area contributed by atoms with Crippen LogP contribution in [0.25, 0.3) is 98.4 Å². The summed E-state index contributed by atoms with van der Waals surface area (Å²) in [6.07, 6.45) is 3.28. The van der Waals surface area contributed by atoms with Crippen LogP contribution >= 0.6 is 0 Å². The van der Waals surface area contributed by atoms with Gasteiger partial charge in [0.15, 0.2) is 0 Å². The lowest BCUT2D eigenvalue weighted by molar-refractivity contribution is 1.63. The minimum Gasteiger partial charge on any atom is -0.0991 e. The fourth-order valence-corrected chi connectivity index (χ4v) is 8.06. The van der Waals surface area contributed by atoms with E-state index in [4.69, 9.17) is 0 Å². The van der Waals surface area contributed by atoms with E-state index in [1.54, 1.807) is 12.2 Å². The molecule has 10 rings (SSSR count). The van der Waals surface area contributed by atoms with E-state index in [9.17, 15) is 0 Å². The van der Waals surface area contributed by atoms with Crippen molar-refractivity contribution in [3.63, 3.8) is 0 Å². The Hall–Kier alpha value is -7.02. The van der Waals surface area contributed by atoms with Gasteiger partial charge in [-0.15, -0.1) is 0 Å². The van der Waals surface area contributed by atoms with Crippen molar-refractivity contribution in [2.45, 2.75) is 0 Å². The molecular weight excluding hydrogens is 649 g/mol. The molecule has 0 aliphatic rings. The fourth-order valence-electron chi connectivity index (χ4n) is 8.06. The Morgan fingerprint density at radius 3 is 1.37 bits per heavy atom. The molecule has 0 aliphatic carbocycles. The van der Waals surface area contributed by atoms with Crippen LogP contribution in [0.4, 0.5) is 0 Å². The monoisotopic (exact) mass is 686 g/mol. The van der Waals surface area contributed by atoms with Crippen LogP contribution in [0, 0.1) is 0 Å². The SMILES string of the molecule is C=CC=C.c1ccc(-c2ccc3c(-c4cc5ccccc5c5ccccc45)c4cc(-c5ccccc5)ccc4c(-c4ccc5ccccc5c4)c3c2)cc1. The van der Waals surface area contributed by atoms with Gasteiger partial charge < -0.3 is 0 Å². The maximum atomic E-state index is 3.36. The zero-order valence-corrected chi connectivity index (χ0v) is 30.0. The Bertz CT molecular complexity index is 3000. The number of hydrogen-bond acceptors (Lipinski definition) is 0. The molecule has 10 aromatic rings. The van der Waals surface area contributed by atoms with Gasteiger partial charge in [0.05, 0.1) is 0 Å². The number of benzene rings is 10. The molecule has 10 aromatic carbocycles. The highest BCUT2D eigenvalue weighted by molar-refractivity contribution is 6.26. The second-order valence-electron chi connectivity index (χ2n) is 13.7. The lowest BCUT2D eigenvalue weighted by Gasteiger charge is -2.21. The molecule has 0 unspecified atom stereocenters. The van der Waals surface area contributed by atoms with Gasteiger partial charge in [0.25, 0.3) is 0 Å². The molecule has 0 radical (unpaired) electrons. The Balaban J connectivity index is 0.000000918. The number of rotatable bonds is 5. The Morgan fingerprint density at radius 2 is 0.741 bits per heavy atom. The molecule has 0 saturated heterocycles. The predicted octanol–water partition coefficient (Wildman–Crippen LogP) is 15.5. The van der Waals surface area contributed by atoms with Gasteiger partial charge in [0, 0.05) is 0 Å². The maximum Gasteiger partial charge on any atom is -0.00197 e. The van der Waals surface area contributed by atoms with E-state index in [-0.39, 0.29) is 0 Å². The van der Waals surface area contributed by atoms with Crippen LogP contribution in [-0.4, -0.2) is 0 Å². The summed E-state index contributed by atoms with van der Waals surface area (Å²) < 4.78 is 0. The maximum absolute atomic E-state index is 3.36. The lowest BCUT2D eigenvalue weighted by Crippen LogP contribution is -1.94. The van der Waals surface area contributed by atoms with E-state index in [2.05, 4.69) is 207 Å². The highest BCUT2D eigenvalue weighted by Gasteiger charge is 2.21. The highest BCUT2D eigenvalue weighted by Crippen LogP contribution is 2.48. The average Bonchev–Trinajstić information content (AvgIpc) is 3.25. The molecule has 0 aliphatic heterocycles. The zero-order valence-electron chi connectivity index (χ0n) is 30.0. The largest absolute Gasteiger partial charge is 0.0991 e. The van der Waals surface area contributed by atoms with Crippen LogP contribution in [-0.2, 0) is 0 Å². The molecule has 0 atom stereocenters. The molecule has 0 heterocycles. The average molecular weight is 687 g/mol. The molecule has 54 heavy (non-hydrogen) atoms. The molecule has 0 N–H and O–H groups in total. The summed E-state index contributed by atoms with van der Waals surface area (Å²) in [5.74, 6) is 0. The van der Waals surface area contributed by atoms with Crippen molar-refractivity contribution >= 4 is 53.9 Å². The van der Waals surface area contributed by atoms with Crippen molar-refractivity contribution in [1.29, 1.82) is 0 Å². The number of allylic oxidation sites excluding steroid dienone is 2. The second-order valence-corrected chi connectivity index (χ2v) is 13.7. The van der Waals surface area contributed by atoms with Crippen molar-refractivity contribution in [3.05, 3.63) is 219 Å². The molecule has 0 aromatic heterocycles. The first kappa shape index (κ1) is 32.9. The van der Waals surface area contributed by atoms with Crippen molar-refractivity contribution < 1.29 is 0 Å². The van der Waals surface area contributed by atoms with Gasteiger partial charge in [-0.05, 0) is 123 Å². The topological polar surface area (TPSA) is 0 Å². The van der Waals surface area contributed by atoms with Gasteiger partial charge in [-0.25, -0.2) is 0 Å². The minimum atomic E-state index is 1.22. The first-order valence-electron chi connectivity index (χ1n) is 18.5. The van der Waals surface area contributed by atoms with Gasteiger partial charge >= 0.3 is 0 Å². The van der Waals surface area contributed by atoms with Gasteiger partial charge in [-0.2, -0.15) is 0 Å². The molecule has 0 fully saturated rings. The van der Waals surface area contributed by atoms with Crippen LogP contribution in [0.5, 0.6) is 0 Å². The smallest absolute Gasteiger partial charge is 0.00197 e. The van der Waals surface area contributed by atoms with Gasteiger partial charge in [0.1, 0.15) is 0 Å². The summed E-state index contributed by atoms with van der Waals surface area (Å²) in [7, 11) is 0. The Kier molecular flexibility index (Phi) is 8.63. The van der Waals surface area contributed by atoms with Gasteiger partial charge in [0.2, 0.25) is 0 Å². The Morgan fingerprint density at radius 1 is 0.259 bits per heavy atom. The van der Waals surface area contributed by atoms with E-state index < -0.39 is 0 Å². The van der Waals surface area contributed by atoms with E-state index in [0.717, 1.165) is 0 Å². The first-order chi connectivity index (χ1) is 26.7. The molecule has 0 saturated carbocycles. The van der Waals surface area contributed by atoms with Crippen LogP contribution in [0.15, 0.2) is 219 Å². The van der Waals surface area contributed by atoms with Crippen LogP contribution in [0.3, 0.4) is 0 Å². The molecule has 0 bridgehead atoms. The van der Waals surface area contributed by atoms with Gasteiger partial charge in [-0.1, -0.05) is 195 Å². The van der Waals surface area contributed by atoms with Crippen molar-refractivity contribution in [1.82, 2.24) is 0 Å². The quantitative estimate of drug-likeness (QED) is 0.0960. The lowest BCUT2D eigenvalue weighted by atomic mass is 9.82. The predicted molar refractivity (Wildman–Crippen MR) is 236 cm³/mol. The summed E-state index contributed by atoms with van der Waals surface area (Å²) in [5.41, 5.74) is 9.91. The first-order valence-corrected chi connectivity index (χ1v) is 18.5. The van der Waals surface area contributed by atoms with Crippen LogP contribution in [0.1, 0.15) is 0 Å². The number of fused-ring (bicyclic) bond motifs is 6. The van der Waals surface area contributed by atoms with Crippen LogP contribution in [0.2, 0.25) is 0 Å². The van der Waals surface area contributed by atoms with E-state index in [1.807, 2.05) is 0 Å². The van der Waals surface area contributed by atoms with Gasteiger partial charge in [-0.3, -0.25) is 0 Å². The van der Waals surface area contributed by atoms with E-state index in [0.29, 0.717) is 0 Å². The minimum absolute atomic E-state index is 1.22. The fraction of sp³-hybridized carbons (Fsp3) is 0. The summed E-state index contributed by atoms with van der Waals surface area (Å²) in [6, 6.07) is 71.5. The molecule has 0 nitrogen and oxygen atoms in total. The van der Waals surface area contributed by atoms with Crippen LogP contribution < -0.4 is 0 Å². The summed E-state index contributed by atoms with van der Waals surface area (Å²) in [5, 5.41) is 12.6. The third-order valence-corrected chi connectivity index (χ3v) is 10.6.